The molecule has 0 aliphatic carbocycles. The molecule has 0 saturated carbocycles. The van der Waals surface area contributed by atoms with Crippen molar-refractivity contribution in [3.63, 3.8) is 0 Å². The Kier molecular flexibility index (Phi) is 4.76. The molecule has 0 bridgehead atoms. The van der Waals surface area contributed by atoms with Crippen LogP contribution in [0.3, 0.4) is 0 Å². The van der Waals surface area contributed by atoms with Crippen LogP contribution in [0.5, 0.6) is 0 Å². The molecular weight excluding hydrogens is 244 g/mol. The fourth-order valence-corrected chi connectivity index (χ4v) is 1.58. The van der Waals surface area contributed by atoms with Gasteiger partial charge in [-0.1, -0.05) is 18.2 Å². The zero-order valence-electron chi connectivity index (χ0n) is 9.69. The molecular formula is C12H13F2NO3. The summed E-state index contributed by atoms with van der Waals surface area (Å²) in [6.07, 6.45) is -2.99. The van der Waals surface area contributed by atoms with E-state index in [2.05, 4.69) is 5.32 Å². The second-order valence-corrected chi connectivity index (χ2v) is 3.82. The van der Waals surface area contributed by atoms with Crippen molar-refractivity contribution >= 4 is 11.9 Å². The van der Waals surface area contributed by atoms with Crippen LogP contribution in [0.1, 0.15) is 36.9 Å². The molecule has 0 spiro atoms. The number of amides is 1. The highest BCUT2D eigenvalue weighted by molar-refractivity contribution is 5.75. The highest BCUT2D eigenvalue weighted by Gasteiger charge is 2.18. The van der Waals surface area contributed by atoms with Gasteiger partial charge in [-0.2, -0.15) is 0 Å². The van der Waals surface area contributed by atoms with Crippen molar-refractivity contribution in [2.75, 3.05) is 0 Å². The molecule has 0 unspecified atom stereocenters. The van der Waals surface area contributed by atoms with Crippen molar-refractivity contribution in [2.24, 2.45) is 0 Å². The molecule has 0 aliphatic rings. The van der Waals surface area contributed by atoms with E-state index in [0.717, 1.165) is 0 Å². The summed E-state index contributed by atoms with van der Waals surface area (Å²) < 4.78 is 25.1. The third-order valence-electron chi connectivity index (χ3n) is 2.32. The van der Waals surface area contributed by atoms with Crippen molar-refractivity contribution in [2.45, 2.75) is 25.8 Å². The van der Waals surface area contributed by atoms with Crippen molar-refractivity contribution in [3.8, 4) is 0 Å². The summed E-state index contributed by atoms with van der Waals surface area (Å²) in [6.45, 7) is 1.24. The first-order valence-corrected chi connectivity index (χ1v) is 5.27. The number of hydrogen-bond acceptors (Lipinski definition) is 2. The summed E-state index contributed by atoms with van der Waals surface area (Å²) in [5.74, 6) is -1.53. The highest BCUT2D eigenvalue weighted by Crippen LogP contribution is 2.24. The molecule has 2 N–H and O–H groups in total. The number of aliphatic carboxylic acids is 1. The Morgan fingerprint density at radius 1 is 1.33 bits per heavy atom. The molecule has 18 heavy (non-hydrogen) atoms. The third-order valence-corrected chi connectivity index (χ3v) is 2.32. The van der Waals surface area contributed by atoms with E-state index >= 15 is 0 Å². The molecule has 0 fully saturated rings. The molecule has 0 heterocycles. The number of carboxylic acids is 1. The fraction of sp³-hybridized carbons (Fsp3) is 0.333. The number of nitrogens with one attached hydrogen (secondary N) is 1. The van der Waals surface area contributed by atoms with Crippen LogP contribution >= 0.6 is 0 Å². The number of carboxylic acid groups (broad SMARTS) is 1. The van der Waals surface area contributed by atoms with Gasteiger partial charge in [0.15, 0.2) is 0 Å². The summed E-state index contributed by atoms with van der Waals surface area (Å²) in [4.78, 5) is 21.7. The maximum Gasteiger partial charge on any atom is 0.305 e. The largest absolute Gasteiger partial charge is 0.481 e. The van der Waals surface area contributed by atoms with Gasteiger partial charge in [0.2, 0.25) is 5.91 Å². The second kappa shape index (κ2) is 6.09. The van der Waals surface area contributed by atoms with Gasteiger partial charge in [0.1, 0.15) is 0 Å². The Hall–Kier alpha value is -1.98. The molecule has 1 atom stereocenters. The molecule has 1 aromatic rings. The fourth-order valence-electron chi connectivity index (χ4n) is 1.58. The van der Waals surface area contributed by atoms with E-state index < -0.39 is 24.3 Å². The van der Waals surface area contributed by atoms with Crippen LogP contribution in [0.4, 0.5) is 8.78 Å². The van der Waals surface area contributed by atoms with Crippen LogP contribution in [0.15, 0.2) is 24.3 Å². The minimum atomic E-state index is -2.63. The quantitative estimate of drug-likeness (QED) is 0.850. The Morgan fingerprint density at radius 2 is 1.94 bits per heavy atom. The van der Waals surface area contributed by atoms with Crippen molar-refractivity contribution in [1.82, 2.24) is 5.32 Å². The maximum absolute atomic E-state index is 12.5. The number of halogens is 2. The molecule has 98 valence electrons. The van der Waals surface area contributed by atoms with Crippen molar-refractivity contribution in [1.29, 1.82) is 0 Å². The molecule has 6 heteroatoms. The van der Waals surface area contributed by atoms with Gasteiger partial charge in [-0.25, -0.2) is 8.78 Å². The van der Waals surface area contributed by atoms with Crippen LogP contribution in [0.25, 0.3) is 0 Å². The highest BCUT2D eigenvalue weighted by atomic mass is 19.3. The van der Waals surface area contributed by atoms with E-state index in [9.17, 15) is 18.4 Å². The minimum Gasteiger partial charge on any atom is -0.481 e. The van der Waals surface area contributed by atoms with Gasteiger partial charge in [0.25, 0.3) is 6.43 Å². The Labute approximate surface area is 103 Å². The molecule has 1 aromatic carbocycles. The van der Waals surface area contributed by atoms with Gasteiger partial charge < -0.3 is 10.4 Å². The second-order valence-electron chi connectivity index (χ2n) is 3.82. The van der Waals surface area contributed by atoms with Crippen LogP contribution in [0, 0.1) is 0 Å². The monoisotopic (exact) mass is 257 g/mol. The van der Waals surface area contributed by atoms with Gasteiger partial charge in [-0.15, -0.1) is 0 Å². The topological polar surface area (TPSA) is 66.4 Å². The van der Waals surface area contributed by atoms with Gasteiger partial charge in [0.05, 0.1) is 12.5 Å². The summed E-state index contributed by atoms with van der Waals surface area (Å²) in [5.41, 5.74) is 0.152. The summed E-state index contributed by atoms with van der Waals surface area (Å²) in [6, 6.07) is 4.57. The minimum absolute atomic E-state index is 0.201. The Morgan fingerprint density at radius 3 is 2.44 bits per heavy atom. The predicted molar refractivity (Wildman–Crippen MR) is 60.2 cm³/mol. The van der Waals surface area contributed by atoms with E-state index in [4.69, 9.17) is 5.11 Å². The molecule has 1 rings (SSSR count). The average Bonchev–Trinajstić information content (AvgIpc) is 2.27. The van der Waals surface area contributed by atoms with Gasteiger partial charge in [-0.3, -0.25) is 9.59 Å². The summed E-state index contributed by atoms with van der Waals surface area (Å²) in [5, 5.41) is 11.2. The number of rotatable bonds is 5. The summed E-state index contributed by atoms with van der Waals surface area (Å²) >= 11 is 0. The zero-order chi connectivity index (χ0) is 13.7. The van der Waals surface area contributed by atoms with Crippen molar-refractivity contribution in [3.05, 3.63) is 35.4 Å². The first kappa shape index (κ1) is 14.1. The van der Waals surface area contributed by atoms with Gasteiger partial charge >= 0.3 is 5.97 Å². The normalized spacial score (nSPS) is 12.2. The predicted octanol–water partition coefficient (Wildman–Crippen LogP) is 2.28. The molecule has 1 amide bonds. The standard InChI is InChI=1S/C12H13F2NO3/c1-7(16)15-10(6-11(17)18)8-3-2-4-9(5-8)12(13)14/h2-5,10,12H,6H2,1H3,(H,15,16)(H,17,18)/t10-/m0/s1. The number of alkyl halides is 2. The third kappa shape index (κ3) is 4.12. The molecule has 0 aliphatic heterocycles. The number of hydrogen-bond donors (Lipinski definition) is 2. The molecule has 0 radical (unpaired) electrons. The van der Waals surface area contributed by atoms with E-state index in [0.29, 0.717) is 5.56 Å². The Bertz CT molecular complexity index is 433. The zero-order valence-corrected chi connectivity index (χ0v) is 9.69. The number of carbonyl (C=O) groups excluding carboxylic acids is 1. The van der Waals surface area contributed by atoms with Crippen LogP contribution in [-0.2, 0) is 9.59 Å². The lowest BCUT2D eigenvalue weighted by Crippen LogP contribution is -2.28. The SMILES string of the molecule is CC(=O)N[C@@H](CC(=O)O)c1cccc(C(F)F)c1. The number of benzene rings is 1. The van der Waals surface area contributed by atoms with Crippen molar-refractivity contribution < 1.29 is 23.5 Å². The lowest BCUT2D eigenvalue weighted by atomic mass is 10.0. The van der Waals surface area contributed by atoms with E-state index in [-0.39, 0.29) is 12.0 Å². The van der Waals surface area contributed by atoms with Crippen LogP contribution in [-0.4, -0.2) is 17.0 Å². The molecule has 0 saturated heterocycles. The van der Waals surface area contributed by atoms with E-state index in [1.165, 1.54) is 31.2 Å². The molecule has 0 aromatic heterocycles. The first-order chi connectivity index (χ1) is 8.40. The van der Waals surface area contributed by atoms with Gasteiger partial charge in [0, 0.05) is 12.5 Å². The lowest BCUT2D eigenvalue weighted by Gasteiger charge is -2.17. The van der Waals surface area contributed by atoms with Crippen LogP contribution in [0.2, 0.25) is 0 Å². The van der Waals surface area contributed by atoms with E-state index in [1.807, 2.05) is 0 Å². The average molecular weight is 257 g/mol. The Balaban J connectivity index is 2.99. The number of carbonyl (C=O) groups is 2. The van der Waals surface area contributed by atoms with Gasteiger partial charge in [-0.05, 0) is 11.6 Å². The van der Waals surface area contributed by atoms with E-state index in [1.54, 1.807) is 0 Å². The van der Waals surface area contributed by atoms with Crippen LogP contribution < -0.4 is 5.32 Å². The summed E-state index contributed by atoms with van der Waals surface area (Å²) in [7, 11) is 0. The smallest absolute Gasteiger partial charge is 0.305 e. The first-order valence-electron chi connectivity index (χ1n) is 5.27. The molecule has 4 nitrogen and oxygen atoms in total. The maximum atomic E-state index is 12.5. The lowest BCUT2D eigenvalue weighted by molar-refractivity contribution is -0.137.